The zero-order valence-corrected chi connectivity index (χ0v) is 24.3. The van der Waals surface area contributed by atoms with E-state index in [9.17, 15) is 19.6 Å². The smallest absolute Gasteiger partial charge is 0.382 e. The Morgan fingerprint density at radius 3 is 2.75 bits per heavy atom. The van der Waals surface area contributed by atoms with E-state index < -0.39 is 49.4 Å². The van der Waals surface area contributed by atoms with E-state index in [1.54, 1.807) is 4.57 Å². The minimum atomic E-state index is -3.54. The van der Waals surface area contributed by atoms with Crippen molar-refractivity contribution in [2.75, 3.05) is 18.1 Å². The third-order valence-corrected chi connectivity index (χ3v) is 8.63. The highest BCUT2D eigenvalue weighted by atomic mass is 32.9. The van der Waals surface area contributed by atoms with Crippen LogP contribution >= 0.6 is 37.4 Å². The lowest BCUT2D eigenvalue weighted by Gasteiger charge is -2.25. The summed E-state index contributed by atoms with van der Waals surface area (Å²) in [6, 6.07) is 0. The van der Waals surface area contributed by atoms with Crippen LogP contribution in [0.1, 0.15) is 18.9 Å². The Hall–Kier alpha value is -2.29. The molecule has 0 spiro atoms. The number of hydrogen-bond donors (Lipinski definition) is 7. The van der Waals surface area contributed by atoms with Crippen molar-refractivity contribution in [2.24, 2.45) is 0 Å². The van der Waals surface area contributed by atoms with Crippen LogP contribution in [0.4, 0.5) is 11.8 Å². The Morgan fingerprint density at radius 2 is 2.00 bits per heavy atom. The van der Waals surface area contributed by atoms with E-state index in [4.69, 9.17) is 41.6 Å². The molecule has 0 aliphatic carbocycles. The van der Waals surface area contributed by atoms with Crippen molar-refractivity contribution in [3.05, 3.63) is 29.3 Å². The van der Waals surface area contributed by atoms with E-state index in [2.05, 4.69) is 54.4 Å². The molecule has 0 aromatic carbocycles. The first-order valence-electron chi connectivity index (χ1n) is 11.1. The lowest BCUT2D eigenvalue weighted by molar-refractivity contribution is -0.134. The highest BCUT2D eigenvalue weighted by Gasteiger charge is 2.43. The molecule has 0 saturated carbocycles. The number of nitrogens with two attached hydrogens (primary N) is 2. The number of nitrogens with zero attached hydrogens (tertiary/aromatic N) is 7. The van der Waals surface area contributed by atoms with Gasteiger partial charge in [-0.15, -0.1) is 4.52 Å². The molecule has 0 radical (unpaired) electrons. The van der Waals surface area contributed by atoms with Gasteiger partial charge in [-0.05, 0) is 16.4 Å². The molecule has 5 heterocycles. The van der Waals surface area contributed by atoms with Gasteiger partial charge in [-0.1, -0.05) is 12.2 Å². The molecular weight excluding hydrogens is 630 g/mol. The van der Waals surface area contributed by atoms with Crippen LogP contribution in [0.2, 0.25) is 0 Å². The number of anilines is 2. The van der Waals surface area contributed by atoms with Gasteiger partial charge in [0.25, 0.3) is 5.56 Å². The first-order valence-corrected chi connectivity index (χ1v) is 17.2. The minimum Gasteiger partial charge on any atom is -0.382 e. The van der Waals surface area contributed by atoms with Crippen LogP contribution in [-0.2, 0) is 34.7 Å². The zero-order valence-electron chi connectivity index (χ0n) is 19.9. The Balaban J connectivity index is 1.27. The van der Waals surface area contributed by atoms with Gasteiger partial charge in [0.05, 0.1) is 19.3 Å². The molecule has 4 aromatic rings. The molecule has 40 heavy (non-hydrogen) atoms. The normalized spacial score (nSPS) is 22.9. The van der Waals surface area contributed by atoms with Crippen LogP contribution in [-0.4, -0.2) is 74.4 Å². The van der Waals surface area contributed by atoms with Crippen molar-refractivity contribution >= 4 is 83.3 Å². The van der Waals surface area contributed by atoms with Crippen molar-refractivity contribution in [1.82, 2.24) is 39.0 Å². The first kappa shape index (κ1) is 29.2. The van der Waals surface area contributed by atoms with Gasteiger partial charge in [0.2, 0.25) is 17.9 Å². The highest BCUT2D eigenvalue weighted by Crippen LogP contribution is 2.55. The Bertz CT molecular complexity index is 1690. The molecule has 2 unspecified atom stereocenters. The van der Waals surface area contributed by atoms with Gasteiger partial charge in [0.1, 0.15) is 42.5 Å². The van der Waals surface area contributed by atoms with Crippen molar-refractivity contribution in [1.29, 1.82) is 0 Å². The number of nitrogens with one attached hydrogen (secondary N) is 1. The van der Waals surface area contributed by atoms with Crippen molar-refractivity contribution in [3.63, 3.8) is 0 Å². The second kappa shape index (κ2) is 11.5. The molecule has 1 aliphatic heterocycles. The molecule has 7 N–H and O–H groups in total. The average Bonchev–Trinajstić information content (AvgIpc) is 3.59. The maximum absolute atomic E-state index is 12.0. The molecule has 7 atom stereocenters. The third-order valence-electron chi connectivity index (χ3n) is 5.74. The Labute approximate surface area is 239 Å². The molecule has 18 nitrogen and oxygen atoms in total. The summed E-state index contributed by atoms with van der Waals surface area (Å²) >= 11 is 13.3. The highest BCUT2D eigenvalue weighted by molar-refractivity contribution is 8.60. The SMILES string of the molecule is Nc1nc2c(ncn2[C@H](O)[C@@H](O)OP(=S)(S)OC[C@H]2O[C@@H](n3cnc4c(N)ncnc43)C[C@@H]2O[P+](=O)S)c(=O)[nH]1. The number of fused-ring (bicyclic) bond motifs is 2. The monoisotopic (exact) mass is 651 g/mol. The van der Waals surface area contributed by atoms with Gasteiger partial charge in [-0.25, -0.2) is 19.9 Å². The number of aromatic nitrogens is 8. The van der Waals surface area contributed by atoms with E-state index in [1.165, 1.54) is 12.7 Å². The van der Waals surface area contributed by atoms with Crippen LogP contribution in [0.5, 0.6) is 0 Å². The molecule has 0 amide bonds. The van der Waals surface area contributed by atoms with Crippen LogP contribution < -0.4 is 17.0 Å². The van der Waals surface area contributed by atoms with Crippen LogP contribution in [0, 0.1) is 0 Å². The number of thiol groups is 2. The van der Waals surface area contributed by atoms with E-state index in [1.807, 2.05) is 0 Å². The fourth-order valence-electron chi connectivity index (χ4n) is 3.99. The lowest BCUT2D eigenvalue weighted by atomic mass is 10.2. The van der Waals surface area contributed by atoms with Crippen molar-refractivity contribution in [3.8, 4) is 0 Å². The molecule has 4 aromatic heterocycles. The summed E-state index contributed by atoms with van der Waals surface area (Å²) < 4.78 is 36.8. The zero-order chi connectivity index (χ0) is 28.8. The molecule has 214 valence electrons. The Kier molecular flexibility index (Phi) is 8.42. The fourth-order valence-corrected chi connectivity index (χ4v) is 6.52. The number of aliphatic hydroxyl groups excluding tert-OH is 2. The van der Waals surface area contributed by atoms with Crippen LogP contribution in [0.15, 0.2) is 23.8 Å². The number of nitrogen functional groups attached to an aromatic ring is 2. The fraction of sp³-hybridized carbons (Fsp3) is 0.412. The number of aromatic amines is 1. The molecule has 1 saturated heterocycles. The third kappa shape index (κ3) is 6.00. The van der Waals surface area contributed by atoms with Gasteiger partial charge < -0.3 is 30.9 Å². The quantitative estimate of drug-likeness (QED) is 0.0695. The molecule has 1 aliphatic rings. The van der Waals surface area contributed by atoms with E-state index in [-0.39, 0.29) is 36.0 Å². The predicted octanol–water partition coefficient (Wildman–Crippen LogP) is 0.381. The van der Waals surface area contributed by atoms with Crippen LogP contribution in [0.25, 0.3) is 22.3 Å². The molecule has 1 fully saturated rings. The second-order valence-corrected chi connectivity index (χ2v) is 15.2. The second-order valence-electron chi connectivity index (χ2n) is 8.28. The van der Waals surface area contributed by atoms with Crippen molar-refractivity contribution < 1.29 is 33.1 Å². The number of H-pyrrole nitrogens is 1. The predicted molar refractivity (Wildman–Crippen MR) is 150 cm³/mol. The molecular formula is C17H21N10O8P2S3+. The summed E-state index contributed by atoms with van der Waals surface area (Å²) in [6.07, 6.45) is -1.99. The van der Waals surface area contributed by atoms with Gasteiger partial charge >= 0.3 is 7.23 Å². The Morgan fingerprint density at radius 1 is 1.25 bits per heavy atom. The summed E-state index contributed by atoms with van der Waals surface area (Å²) in [4.78, 5) is 34.3. The minimum absolute atomic E-state index is 0.102. The van der Waals surface area contributed by atoms with Crippen LogP contribution in [0.3, 0.4) is 0 Å². The van der Waals surface area contributed by atoms with E-state index >= 15 is 0 Å². The summed E-state index contributed by atoms with van der Waals surface area (Å²) in [5.41, 5.74) is 7.81. The summed E-state index contributed by atoms with van der Waals surface area (Å²) in [5.74, 6) is -0.0324. The maximum Gasteiger partial charge on any atom is 0.582 e. The summed E-state index contributed by atoms with van der Waals surface area (Å²) in [5, 5.41) is 21.1. The van der Waals surface area contributed by atoms with Gasteiger partial charge in [0, 0.05) is 6.42 Å². The number of ether oxygens (including phenoxy) is 1. The largest absolute Gasteiger partial charge is 0.582 e. The standard InChI is InChI=1S/C17H20N10O8P2S3/c18-11-9-12(21-3-20-11)26(4-22-9)8-1-6(34-36(31)38)7(33-8)2-32-37(39,40)35-16(30)15(29)27-5-23-10-13(27)24-17(19)25-14(10)28/h3-8,15-16,29-30H,1-2H2,(H6-,18,19,20,21,24,25,28,31,38,39,40)/p+1/t6-,7+,8+,15+,16-/m0/s1. The number of hydrogen-bond acceptors (Lipinski definition) is 16. The van der Waals surface area contributed by atoms with Gasteiger partial charge in [0.15, 0.2) is 28.9 Å². The van der Waals surface area contributed by atoms with Gasteiger partial charge in [-0.2, -0.15) is 4.98 Å². The van der Waals surface area contributed by atoms with E-state index in [0.29, 0.717) is 11.2 Å². The number of rotatable bonds is 10. The lowest BCUT2D eigenvalue weighted by Crippen LogP contribution is -2.28. The summed E-state index contributed by atoms with van der Waals surface area (Å²) in [7, 11) is -2.31. The average molecular weight is 652 g/mol. The molecule has 23 heteroatoms. The van der Waals surface area contributed by atoms with E-state index in [0.717, 1.165) is 10.9 Å². The first-order chi connectivity index (χ1) is 18.9. The maximum atomic E-state index is 12.0. The number of imidazole rings is 2. The molecule has 0 bridgehead atoms. The van der Waals surface area contributed by atoms with Gasteiger partial charge in [-0.3, -0.25) is 23.4 Å². The van der Waals surface area contributed by atoms with Crippen molar-refractivity contribution in [2.45, 2.75) is 37.4 Å². The molecule has 5 rings (SSSR count). The topological polar surface area (TPSA) is 254 Å². The number of aliphatic hydroxyl groups is 2. The summed E-state index contributed by atoms with van der Waals surface area (Å²) in [6.45, 7) is -0.257.